The number of halogens is 2. The summed E-state index contributed by atoms with van der Waals surface area (Å²) in [4.78, 5) is 0. The lowest BCUT2D eigenvalue weighted by Crippen LogP contribution is -1.80. The van der Waals surface area contributed by atoms with E-state index in [0.29, 0.717) is 0 Å². The van der Waals surface area contributed by atoms with Crippen LogP contribution in [0.5, 0.6) is 0 Å². The van der Waals surface area contributed by atoms with Crippen LogP contribution in [-0.4, -0.2) is 11.1 Å². The van der Waals surface area contributed by atoms with Crippen molar-refractivity contribution in [3.8, 4) is 0 Å². The molecular weight excluding hydrogens is 230 g/mol. The average molecular weight is 244 g/mol. The van der Waals surface area contributed by atoms with Crippen molar-refractivity contribution in [2.75, 3.05) is 11.1 Å². The van der Waals surface area contributed by atoms with E-state index in [-0.39, 0.29) is 6.67 Å². The summed E-state index contributed by atoms with van der Waals surface area (Å²) in [5.74, 6) is 0. The number of unbranched alkanes of at least 4 members (excludes halogenated alkanes) is 4. The Hall–Kier alpha value is 0.660. The van der Waals surface area contributed by atoms with Crippen molar-refractivity contribution in [1.29, 1.82) is 0 Å². The van der Waals surface area contributed by atoms with Crippen molar-refractivity contribution in [1.82, 2.24) is 0 Å². The van der Waals surface area contributed by atoms with Crippen molar-refractivity contribution >= 4 is 22.6 Å². The summed E-state index contributed by atoms with van der Waals surface area (Å²) in [6.45, 7) is -0.135. The van der Waals surface area contributed by atoms with Gasteiger partial charge in [0, 0.05) is 0 Å². The second kappa shape index (κ2) is 8.66. The Morgan fingerprint density at radius 3 is 2.00 bits per heavy atom. The fraction of sp³-hybridized carbons (Fsp3) is 1.00. The van der Waals surface area contributed by atoms with Crippen LogP contribution in [0.1, 0.15) is 32.1 Å². The van der Waals surface area contributed by atoms with E-state index < -0.39 is 0 Å². The molecule has 0 rings (SSSR count). The Bertz CT molecular complexity index is 42.2. The smallest absolute Gasteiger partial charge is 0.0894 e. The maximum Gasteiger partial charge on any atom is 0.0894 e. The van der Waals surface area contributed by atoms with Crippen LogP contribution in [0.15, 0.2) is 0 Å². The fourth-order valence-electron chi connectivity index (χ4n) is 0.719. The Labute approximate surface area is 70.4 Å². The molecule has 0 amide bonds. The Balaban J connectivity index is 2.60. The highest BCUT2D eigenvalue weighted by molar-refractivity contribution is 14.1. The zero-order valence-electron chi connectivity index (χ0n) is 5.71. The Morgan fingerprint density at radius 1 is 0.889 bits per heavy atom. The van der Waals surface area contributed by atoms with Crippen molar-refractivity contribution in [2.24, 2.45) is 0 Å². The highest BCUT2D eigenvalue weighted by Gasteiger charge is 1.87. The van der Waals surface area contributed by atoms with E-state index in [4.69, 9.17) is 0 Å². The van der Waals surface area contributed by atoms with Crippen molar-refractivity contribution in [3.05, 3.63) is 0 Å². The first-order valence-corrected chi connectivity index (χ1v) is 5.06. The summed E-state index contributed by atoms with van der Waals surface area (Å²) < 4.78 is 12.7. The van der Waals surface area contributed by atoms with Gasteiger partial charge in [0.05, 0.1) is 6.67 Å². The molecule has 0 saturated carbocycles. The second-order valence-electron chi connectivity index (χ2n) is 2.15. The van der Waals surface area contributed by atoms with E-state index in [1.165, 1.54) is 23.7 Å². The normalized spacial score (nSPS) is 10.0. The summed E-state index contributed by atoms with van der Waals surface area (Å²) in [6.07, 6.45) is 5.64. The number of rotatable bonds is 6. The number of alkyl halides is 2. The molecule has 0 aromatic carbocycles. The molecule has 0 bridgehead atoms. The monoisotopic (exact) mass is 244 g/mol. The molecule has 0 aromatic rings. The predicted molar refractivity (Wildman–Crippen MR) is 47.9 cm³/mol. The van der Waals surface area contributed by atoms with E-state index in [1.807, 2.05) is 0 Å². The summed E-state index contributed by atoms with van der Waals surface area (Å²) in [6, 6.07) is 0. The van der Waals surface area contributed by atoms with Gasteiger partial charge in [-0.15, -0.1) is 0 Å². The van der Waals surface area contributed by atoms with Gasteiger partial charge in [0.2, 0.25) is 0 Å². The van der Waals surface area contributed by atoms with E-state index in [2.05, 4.69) is 22.6 Å². The molecule has 0 nitrogen and oxygen atoms in total. The van der Waals surface area contributed by atoms with Gasteiger partial charge in [-0.2, -0.15) is 0 Å². The van der Waals surface area contributed by atoms with Gasteiger partial charge in [0.15, 0.2) is 0 Å². The lowest BCUT2D eigenvalue weighted by Gasteiger charge is -1.94. The molecule has 0 atom stereocenters. The summed E-state index contributed by atoms with van der Waals surface area (Å²) in [5.41, 5.74) is 0. The first-order valence-electron chi connectivity index (χ1n) is 3.53. The highest BCUT2D eigenvalue weighted by atomic mass is 127. The average Bonchev–Trinajstić information content (AvgIpc) is 1.89. The van der Waals surface area contributed by atoms with Crippen molar-refractivity contribution < 1.29 is 4.39 Å². The molecule has 0 N–H and O–H groups in total. The third-order valence-corrected chi connectivity index (χ3v) is 2.03. The van der Waals surface area contributed by atoms with Crippen LogP contribution in [0, 0.1) is 0 Å². The van der Waals surface area contributed by atoms with Crippen molar-refractivity contribution in [3.63, 3.8) is 0 Å². The summed E-state index contributed by atoms with van der Waals surface area (Å²) in [7, 11) is 0. The molecule has 9 heavy (non-hydrogen) atoms. The molecule has 0 saturated heterocycles. The van der Waals surface area contributed by atoms with E-state index in [0.717, 1.165) is 12.8 Å². The molecule has 0 heterocycles. The standard InChI is InChI=1S/C7H14FI/c8-6-4-2-1-3-5-7-9/h1-7H2. The van der Waals surface area contributed by atoms with Gasteiger partial charge in [-0.25, -0.2) is 0 Å². The predicted octanol–water partition coefficient (Wildman–Crippen LogP) is 3.34. The van der Waals surface area contributed by atoms with Gasteiger partial charge in [-0.3, -0.25) is 4.39 Å². The van der Waals surface area contributed by atoms with Crippen LogP contribution in [0.4, 0.5) is 4.39 Å². The van der Waals surface area contributed by atoms with Crippen LogP contribution in [0.25, 0.3) is 0 Å². The second-order valence-corrected chi connectivity index (χ2v) is 3.22. The van der Waals surface area contributed by atoms with Gasteiger partial charge in [0.25, 0.3) is 0 Å². The number of hydrogen-bond acceptors (Lipinski definition) is 0. The Morgan fingerprint density at radius 2 is 1.44 bits per heavy atom. The molecule has 0 aliphatic heterocycles. The minimum Gasteiger partial charge on any atom is -0.251 e. The van der Waals surface area contributed by atoms with Crippen LogP contribution in [-0.2, 0) is 0 Å². The van der Waals surface area contributed by atoms with Crippen LogP contribution in [0.2, 0.25) is 0 Å². The largest absolute Gasteiger partial charge is 0.251 e. The lowest BCUT2D eigenvalue weighted by atomic mass is 10.2. The lowest BCUT2D eigenvalue weighted by molar-refractivity contribution is 0.453. The molecule has 0 radical (unpaired) electrons. The minimum atomic E-state index is -0.135. The van der Waals surface area contributed by atoms with Crippen LogP contribution >= 0.6 is 22.6 Å². The first kappa shape index (κ1) is 9.66. The quantitative estimate of drug-likeness (QED) is 0.382. The molecule has 0 aromatic heterocycles. The molecule has 0 spiro atoms. The van der Waals surface area contributed by atoms with E-state index in [1.54, 1.807) is 0 Å². The maximum absolute atomic E-state index is 11.5. The third kappa shape index (κ3) is 8.66. The zero-order chi connectivity index (χ0) is 6.95. The first-order chi connectivity index (χ1) is 4.41. The van der Waals surface area contributed by atoms with Crippen molar-refractivity contribution in [2.45, 2.75) is 32.1 Å². The minimum absolute atomic E-state index is 0.135. The molecule has 2 heteroatoms. The van der Waals surface area contributed by atoms with Crippen LogP contribution in [0.3, 0.4) is 0 Å². The Kier molecular flexibility index (Phi) is 9.30. The molecule has 56 valence electrons. The van der Waals surface area contributed by atoms with Crippen LogP contribution < -0.4 is 0 Å². The molecular formula is C7H14FI. The topological polar surface area (TPSA) is 0 Å². The van der Waals surface area contributed by atoms with Gasteiger partial charge in [-0.05, 0) is 17.3 Å². The third-order valence-electron chi connectivity index (χ3n) is 1.27. The van der Waals surface area contributed by atoms with Gasteiger partial charge >= 0.3 is 0 Å². The number of hydrogen-bond donors (Lipinski definition) is 0. The van der Waals surface area contributed by atoms with E-state index in [9.17, 15) is 4.39 Å². The molecule has 0 unspecified atom stereocenters. The summed E-state index contributed by atoms with van der Waals surface area (Å²) in [5, 5.41) is 0. The van der Waals surface area contributed by atoms with Gasteiger partial charge in [-0.1, -0.05) is 41.9 Å². The zero-order valence-corrected chi connectivity index (χ0v) is 7.86. The van der Waals surface area contributed by atoms with Gasteiger partial charge < -0.3 is 0 Å². The maximum atomic E-state index is 11.5. The van der Waals surface area contributed by atoms with Gasteiger partial charge in [0.1, 0.15) is 0 Å². The highest BCUT2D eigenvalue weighted by Crippen LogP contribution is 2.04. The fourth-order valence-corrected chi connectivity index (χ4v) is 1.26. The summed E-state index contributed by atoms with van der Waals surface area (Å²) >= 11 is 2.37. The molecule has 0 aliphatic carbocycles. The molecule has 0 aliphatic rings. The molecule has 0 fully saturated rings. The van der Waals surface area contributed by atoms with E-state index >= 15 is 0 Å². The SMILES string of the molecule is FCCCCCCCI.